The van der Waals surface area contributed by atoms with Crippen molar-refractivity contribution in [2.75, 3.05) is 32.8 Å². The van der Waals surface area contributed by atoms with Crippen LogP contribution in [0.3, 0.4) is 0 Å². The molecule has 1 atom stereocenters. The van der Waals surface area contributed by atoms with Crippen LogP contribution in [0.25, 0.3) is 0 Å². The third kappa shape index (κ3) is 3.90. The maximum atomic E-state index is 5.80. The van der Waals surface area contributed by atoms with Crippen LogP contribution in [-0.4, -0.2) is 48.6 Å². The van der Waals surface area contributed by atoms with E-state index in [4.69, 9.17) is 4.74 Å². The van der Waals surface area contributed by atoms with Crippen molar-refractivity contribution < 1.29 is 4.74 Å². The van der Waals surface area contributed by atoms with Crippen LogP contribution in [0, 0.1) is 0 Å². The third-order valence-electron chi connectivity index (χ3n) is 4.86. The summed E-state index contributed by atoms with van der Waals surface area (Å²) in [5.41, 5.74) is 1.30. The van der Waals surface area contributed by atoms with Crippen molar-refractivity contribution in [2.24, 2.45) is 0 Å². The van der Waals surface area contributed by atoms with Gasteiger partial charge in [-0.1, -0.05) is 30.9 Å². The quantitative estimate of drug-likeness (QED) is 0.750. The number of ether oxygens (including phenoxy) is 1. The zero-order valence-corrected chi connectivity index (χ0v) is 13.5. The Hall–Kier alpha value is -1.32. The number of hydrogen-bond donors (Lipinski definition) is 0. The molecule has 1 aromatic carbocycles. The fraction of sp³-hybridized carbons (Fsp3) is 0.579. The Balaban J connectivity index is 1.61. The van der Waals surface area contributed by atoms with Crippen LogP contribution >= 0.6 is 0 Å². The number of nitrogens with zero attached hydrogens (tertiary/aromatic N) is 2. The monoisotopic (exact) mass is 300 g/mol. The maximum absolute atomic E-state index is 5.80. The molecule has 2 heterocycles. The number of benzene rings is 1. The van der Waals surface area contributed by atoms with Crippen molar-refractivity contribution in [3.63, 3.8) is 0 Å². The van der Waals surface area contributed by atoms with E-state index in [9.17, 15) is 0 Å². The number of hydrogen-bond acceptors (Lipinski definition) is 3. The molecule has 0 spiro atoms. The highest BCUT2D eigenvalue weighted by Gasteiger charge is 2.27. The predicted octanol–water partition coefficient (Wildman–Crippen LogP) is 3.31. The Morgan fingerprint density at radius 3 is 2.77 bits per heavy atom. The maximum Gasteiger partial charge on any atom is 0.124 e. The molecule has 0 aliphatic carbocycles. The van der Waals surface area contributed by atoms with Crippen LogP contribution in [0.2, 0.25) is 0 Å². The molecule has 0 saturated carbocycles. The van der Waals surface area contributed by atoms with Crippen molar-refractivity contribution in [2.45, 2.75) is 38.3 Å². The average molecular weight is 300 g/mol. The lowest BCUT2D eigenvalue weighted by Gasteiger charge is -2.37. The number of likely N-dealkylation sites (tertiary alicyclic amines) is 2. The van der Waals surface area contributed by atoms with Gasteiger partial charge in [0.25, 0.3) is 0 Å². The van der Waals surface area contributed by atoms with Crippen LogP contribution in [0.15, 0.2) is 36.9 Å². The molecule has 2 aliphatic heterocycles. The van der Waals surface area contributed by atoms with E-state index in [0.29, 0.717) is 6.61 Å². The SMILES string of the molecule is C=CCOc1ccccc1CN1CCC[C@@H](N2CCCC2)C1. The van der Waals surface area contributed by atoms with Gasteiger partial charge in [0.2, 0.25) is 0 Å². The number of rotatable bonds is 6. The molecular formula is C19H28N2O. The Labute approximate surface area is 134 Å². The molecule has 1 aromatic rings. The van der Waals surface area contributed by atoms with Gasteiger partial charge >= 0.3 is 0 Å². The first kappa shape index (κ1) is 15.6. The molecule has 0 amide bonds. The minimum atomic E-state index is 0.577. The summed E-state index contributed by atoms with van der Waals surface area (Å²) in [5.74, 6) is 1.01. The second kappa shape index (κ2) is 7.80. The topological polar surface area (TPSA) is 15.7 Å². The number of para-hydroxylation sites is 1. The minimum Gasteiger partial charge on any atom is -0.489 e. The highest BCUT2D eigenvalue weighted by Crippen LogP contribution is 2.24. The Kier molecular flexibility index (Phi) is 5.52. The van der Waals surface area contributed by atoms with Crippen molar-refractivity contribution in [1.29, 1.82) is 0 Å². The van der Waals surface area contributed by atoms with Gasteiger partial charge in [-0.3, -0.25) is 9.80 Å². The van der Waals surface area contributed by atoms with Crippen molar-refractivity contribution in [3.8, 4) is 5.75 Å². The van der Waals surface area contributed by atoms with Gasteiger partial charge in [0.1, 0.15) is 12.4 Å². The molecule has 0 unspecified atom stereocenters. The molecule has 0 aromatic heterocycles. The highest BCUT2D eigenvalue weighted by atomic mass is 16.5. The van der Waals surface area contributed by atoms with Gasteiger partial charge in [0.05, 0.1) is 0 Å². The Morgan fingerprint density at radius 2 is 1.95 bits per heavy atom. The van der Waals surface area contributed by atoms with Crippen molar-refractivity contribution >= 4 is 0 Å². The van der Waals surface area contributed by atoms with E-state index in [1.54, 1.807) is 6.08 Å². The molecule has 2 saturated heterocycles. The summed E-state index contributed by atoms with van der Waals surface area (Å²) in [6.07, 6.45) is 7.26. The Bertz CT molecular complexity index is 482. The summed E-state index contributed by atoms with van der Waals surface area (Å²) < 4.78 is 5.80. The molecule has 120 valence electrons. The molecular weight excluding hydrogens is 272 g/mol. The third-order valence-corrected chi connectivity index (χ3v) is 4.86. The van der Waals surface area contributed by atoms with Gasteiger partial charge in [-0.2, -0.15) is 0 Å². The largest absolute Gasteiger partial charge is 0.489 e. The van der Waals surface area contributed by atoms with Gasteiger partial charge in [-0.25, -0.2) is 0 Å². The average Bonchev–Trinajstić information content (AvgIpc) is 3.09. The first-order valence-electron chi connectivity index (χ1n) is 8.65. The van der Waals surface area contributed by atoms with E-state index >= 15 is 0 Å². The van der Waals surface area contributed by atoms with E-state index in [1.165, 1.54) is 57.4 Å². The van der Waals surface area contributed by atoms with Crippen LogP contribution < -0.4 is 4.74 Å². The van der Waals surface area contributed by atoms with Crippen LogP contribution in [0.1, 0.15) is 31.2 Å². The van der Waals surface area contributed by atoms with Crippen LogP contribution in [-0.2, 0) is 6.54 Å². The van der Waals surface area contributed by atoms with Crippen LogP contribution in [0.5, 0.6) is 5.75 Å². The molecule has 22 heavy (non-hydrogen) atoms. The summed E-state index contributed by atoms with van der Waals surface area (Å²) in [5, 5.41) is 0. The minimum absolute atomic E-state index is 0.577. The predicted molar refractivity (Wildman–Crippen MR) is 91.2 cm³/mol. The highest BCUT2D eigenvalue weighted by molar-refractivity contribution is 5.33. The molecule has 0 N–H and O–H groups in total. The van der Waals surface area contributed by atoms with Gasteiger partial charge < -0.3 is 4.74 Å². The fourth-order valence-corrected chi connectivity index (χ4v) is 3.74. The van der Waals surface area contributed by atoms with E-state index in [2.05, 4.69) is 34.6 Å². The molecule has 0 radical (unpaired) electrons. The summed E-state index contributed by atoms with van der Waals surface area (Å²) in [4.78, 5) is 5.30. The lowest BCUT2D eigenvalue weighted by Crippen LogP contribution is -2.46. The zero-order chi connectivity index (χ0) is 15.2. The first-order valence-corrected chi connectivity index (χ1v) is 8.65. The van der Waals surface area contributed by atoms with Gasteiger partial charge in [-0.05, 0) is 51.4 Å². The second-order valence-corrected chi connectivity index (χ2v) is 6.48. The molecule has 2 aliphatic rings. The van der Waals surface area contributed by atoms with E-state index < -0.39 is 0 Å². The van der Waals surface area contributed by atoms with Gasteiger partial charge in [0.15, 0.2) is 0 Å². The lowest BCUT2D eigenvalue weighted by atomic mass is 10.0. The summed E-state index contributed by atoms with van der Waals surface area (Å²) in [6, 6.07) is 9.18. The molecule has 3 heteroatoms. The molecule has 0 bridgehead atoms. The van der Waals surface area contributed by atoms with Crippen LogP contribution in [0.4, 0.5) is 0 Å². The molecule has 2 fully saturated rings. The summed E-state index contributed by atoms with van der Waals surface area (Å²) in [7, 11) is 0. The van der Waals surface area contributed by atoms with E-state index in [0.717, 1.165) is 18.3 Å². The zero-order valence-electron chi connectivity index (χ0n) is 13.5. The first-order chi connectivity index (χ1) is 10.9. The molecule has 3 nitrogen and oxygen atoms in total. The molecule has 3 rings (SSSR count). The van der Waals surface area contributed by atoms with Gasteiger partial charge in [0, 0.05) is 24.7 Å². The van der Waals surface area contributed by atoms with E-state index in [1.807, 2.05) is 6.07 Å². The number of piperidine rings is 1. The standard InChI is InChI=1S/C19H28N2O/c1-2-14-22-19-10-4-3-8-17(19)15-20-11-7-9-18(16-20)21-12-5-6-13-21/h2-4,8,10,18H,1,5-7,9,11-16H2/t18-/m1/s1. The van der Waals surface area contributed by atoms with Crippen molar-refractivity contribution in [3.05, 3.63) is 42.5 Å². The van der Waals surface area contributed by atoms with Gasteiger partial charge in [-0.15, -0.1) is 0 Å². The lowest BCUT2D eigenvalue weighted by molar-refractivity contribution is 0.110. The summed E-state index contributed by atoms with van der Waals surface area (Å²) in [6.45, 7) is 10.3. The Morgan fingerprint density at radius 1 is 1.14 bits per heavy atom. The normalized spacial score (nSPS) is 23.5. The smallest absolute Gasteiger partial charge is 0.124 e. The van der Waals surface area contributed by atoms with E-state index in [-0.39, 0.29) is 0 Å². The van der Waals surface area contributed by atoms with Crippen molar-refractivity contribution in [1.82, 2.24) is 9.80 Å². The summed E-state index contributed by atoms with van der Waals surface area (Å²) >= 11 is 0. The fourth-order valence-electron chi connectivity index (χ4n) is 3.74. The second-order valence-electron chi connectivity index (χ2n) is 6.48.